The highest BCUT2D eigenvalue weighted by atomic mass is 32.2. The van der Waals surface area contributed by atoms with Crippen molar-refractivity contribution in [1.82, 2.24) is 14.3 Å². The molecule has 0 heterocycles. The molecular formula is C21H29N3O6S2. The van der Waals surface area contributed by atoms with Crippen LogP contribution in [0.25, 0.3) is 0 Å². The molecule has 0 aliphatic heterocycles. The average Bonchev–Trinajstić information content (AvgIpc) is 2.77. The van der Waals surface area contributed by atoms with Crippen LogP contribution in [0.4, 0.5) is 0 Å². The lowest BCUT2D eigenvalue weighted by Gasteiger charge is -2.20. The van der Waals surface area contributed by atoms with E-state index in [4.69, 9.17) is 4.74 Å². The van der Waals surface area contributed by atoms with Crippen molar-refractivity contribution < 1.29 is 26.4 Å². The first-order valence-corrected chi connectivity index (χ1v) is 13.0. The number of benzene rings is 2. The fourth-order valence-corrected chi connectivity index (χ4v) is 5.66. The smallest absolute Gasteiger partial charge is 0.251 e. The molecule has 176 valence electrons. The Hall–Kier alpha value is -2.47. The molecule has 2 rings (SSSR count). The van der Waals surface area contributed by atoms with Crippen molar-refractivity contribution in [3.8, 4) is 5.75 Å². The van der Waals surface area contributed by atoms with E-state index in [9.17, 15) is 21.6 Å². The molecule has 0 saturated heterocycles. The highest BCUT2D eigenvalue weighted by molar-refractivity contribution is 7.89. The summed E-state index contributed by atoms with van der Waals surface area (Å²) in [5.41, 5.74) is 1.07. The van der Waals surface area contributed by atoms with Crippen molar-refractivity contribution in [2.24, 2.45) is 0 Å². The van der Waals surface area contributed by atoms with E-state index >= 15 is 0 Å². The molecule has 0 radical (unpaired) electrons. The van der Waals surface area contributed by atoms with Gasteiger partial charge >= 0.3 is 0 Å². The Morgan fingerprint density at radius 3 is 2.16 bits per heavy atom. The predicted molar refractivity (Wildman–Crippen MR) is 122 cm³/mol. The van der Waals surface area contributed by atoms with Crippen LogP contribution in [0.2, 0.25) is 0 Å². The summed E-state index contributed by atoms with van der Waals surface area (Å²) in [6.07, 6.45) is 0. The summed E-state index contributed by atoms with van der Waals surface area (Å²) in [6.45, 7) is 5.86. The number of hydrogen-bond acceptors (Lipinski definition) is 6. The first kappa shape index (κ1) is 25.8. The fourth-order valence-electron chi connectivity index (χ4n) is 2.99. The minimum Gasteiger partial charge on any atom is -0.495 e. The van der Waals surface area contributed by atoms with E-state index in [1.165, 1.54) is 41.7 Å². The van der Waals surface area contributed by atoms with Crippen LogP contribution in [-0.4, -0.2) is 60.3 Å². The lowest BCUT2D eigenvalue weighted by molar-refractivity contribution is 0.0954. The first-order valence-electron chi connectivity index (χ1n) is 10.1. The van der Waals surface area contributed by atoms with Crippen LogP contribution in [0.3, 0.4) is 0 Å². The Kier molecular flexibility index (Phi) is 8.79. The maximum Gasteiger partial charge on any atom is 0.251 e. The second-order valence-corrected chi connectivity index (χ2v) is 10.6. The lowest BCUT2D eigenvalue weighted by Crippen LogP contribution is -2.35. The summed E-state index contributed by atoms with van der Waals surface area (Å²) in [5.74, 6) is -0.391. The van der Waals surface area contributed by atoms with Crippen molar-refractivity contribution in [3.05, 3.63) is 53.6 Å². The number of amides is 1. The Bertz CT molecular complexity index is 1140. The number of nitrogens with one attached hydrogen (secondary N) is 2. The molecule has 2 N–H and O–H groups in total. The SMILES string of the molecule is CCN(CC)S(=O)(=O)c1cc(C(=O)NCCNS(=O)(=O)c2ccc(C)cc2)ccc1OC. The third-order valence-electron chi connectivity index (χ3n) is 4.78. The molecule has 1 amide bonds. The zero-order valence-corrected chi connectivity index (χ0v) is 20.2. The third-order valence-corrected chi connectivity index (χ3v) is 8.33. The molecule has 0 atom stereocenters. The molecule has 0 aliphatic carbocycles. The van der Waals surface area contributed by atoms with Gasteiger partial charge in [-0.05, 0) is 37.3 Å². The van der Waals surface area contributed by atoms with Crippen LogP contribution in [0, 0.1) is 6.92 Å². The molecule has 2 aromatic rings. The van der Waals surface area contributed by atoms with Gasteiger partial charge in [0.2, 0.25) is 20.0 Å². The van der Waals surface area contributed by atoms with Gasteiger partial charge in [0.1, 0.15) is 10.6 Å². The van der Waals surface area contributed by atoms with E-state index in [1.54, 1.807) is 26.0 Å². The number of sulfonamides is 2. The summed E-state index contributed by atoms with van der Waals surface area (Å²) in [6, 6.07) is 10.5. The van der Waals surface area contributed by atoms with Gasteiger partial charge in [-0.15, -0.1) is 0 Å². The Labute approximate surface area is 189 Å². The standard InChI is InChI=1S/C21H29N3O6S2/c1-5-24(6-2)32(28,29)20-15-17(9-12-19(20)30-4)21(25)22-13-14-23-31(26,27)18-10-7-16(3)8-11-18/h7-12,15,23H,5-6,13-14H2,1-4H3,(H,22,25). The zero-order valence-electron chi connectivity index (χ0n) is 18.6. The summed E-state index contributed by atoms with van der Waals surface area (Å²) in [4.78, 5) is 12.6. The summed E-state index contributed by atoms with van der Waals surface area (Å²) >= 11 is 0. The molecule has 0 bridgehead atoms. The maximum absolute atomic E-state index is 12.9. The van der Waals surface area contributed by atoms with Gasteiger partial charge in [0, 0.05) is 31.7 Å². The van der Waals surface area contributed by atoms with E-state index in [1.807, 2.05) is 6.92 Å². The van der Waals surface area contributed by atoms with E-state index in [0.717, 1.165) is 5.56 Å². The van der Waals surface area contributed by atoms with Gasteiger partial charge in [-0.1, -0.05) is 31.5 Å². The molecular weight excluding hydrogens is 454 g/mol. The second kappa shape index (κ2) is 10.9. The van der Waals surface area contributed by atoms with Gasteiger partial charge in [-0.3, -0.25) is 4.79 Å². The molecule has 11 heteroatoms. The van der Waals surface area contributed by atoms with Crippen LogP contribution < -0.4 is 14.8 Å². The lowest BCUT2D eigenvalue weighted by atomic mass is 10.2. The first-order chi connectivity index (χ1) is 15.1. The van der Waals surface area contributed by atoms with Crippen LogP contribution in [0.5, 0.6) is 5.75 Å². The van der Waals surface area contributed by atoms with Crippen LogP contribution in [-0.2, 0) is 20.0 Å². The van der Waals surface area contributed by atoms with E-state index in [-0.39, 0.29) is 47.3 Å². The average molecular weight is 484 g/mol. The number of rotatable bonds is 11. The summed E-state index contributed by atoms with van der Waals surface area (Å²) in [5, 5.41) is 2.59. The van der Waals surface area contributed by atoms with Gasteiger partial charge in [-0.2, -0.15) is 4.31 Å². The highest BCUT2D eigenvalue weighted by Crippen LogP contribution is 2.27. The number of carbonyl (C=O) groups is 1. The van der Waals surface area contributed by atoms with Crippen molar-refractivity contribution in [3.63, 3.8) is 0 Å². The number of methoxy groups -OCH3 is 1. The van der Waals surface area contributed by atoms with Crippen molar-refractivity contribution in [2.75, 3.05) is 33.3 Å². The monoisotopic (exact) mass is 483 g/mol. The van der Waals surface area contributed by atoms with Crippen LogP contribution in [0.1, 0.15) is 29.8 Å². The molecule has 2 aromatic carbocycles. The van der Waals surface area contributed by atoms with Crippen LogP contribution in [0.15, 0.2) is 52.3 Å². The molecule has 0 aliphatic rings. The molecule has 0 saturated carbocycles. The number of aryl methyl sites for hydroxylation is 1. The molecule has 0 fully saturated rings. The van der Waals surface area contributed by atoms with Gasteiger partial charge in [0.05, 0.1) is 12.0 Å². The minimum atomic E-state index is -3.84. The van der Waals surface area contributed by atoms with Gasteiger partial charge in [0.25, 0.3) is 5.91 Å². The van der Waals surface area contributed by atoms with Gasteiger partial charge < -0.3 is 10.1 Å². The Morgan fingerprint density at radius 1 is 0.969 bits per heavy atom. The summed E-state index contributed by atoms with van der Waals surface area (Å²) < 4.78 is 59.3. The minimum absolute atomic E-state index is 0.0219. The summed E-state index contributed by atoms with van der Waals surface area (Å²) in [7, 11) is -6.18. The van der Waals surface area contributed by atoms with Gasteiger partial charge in [0.15, 0.2) is 0 Å². The quantitative estimate of drug-likeness (QED) is 0.470. The zero-order chi connectivity index (χ0) is 23.9. The van der Waals surface area contributed by atoms with E-state index < -0.39 is 26.0 Å². The highest BCUT2D eigenvalue weighted by Gasteiger charge is 2.26. The largest absolute Gasteiger partial charge is 0.495 e. The Morgan fingerprint density at radius 2 is 1.59 bits per heavy atom. The predicted octanol–water partition coefficient (Wildman–Crippen LogP) is 1.74. The molecule has 0 unspecified atom stereocenters. The van der Waals surface area contributed by atoms with Crippen molar-refractivity contribution in [1.29, 1.82) is 0 Å². The van der Waals surface area contributed by atoms with Gasteiger partial charge in [-0.25, -0.2) is 21.6 Å². The normalized spacial score (nSPS) is 12.0. The van der Waals surface area contributed by atoms with Crippen molar-refractivity contribution in [2.45, 2.75) is 30.6 Å². The second-order valence-electron chi connectivity index (χ2n) is 6.92. The van der Waals surface area contributed by atoms with E-state index in [0.29, 0.717) is 0 Å². The number of carbonyl (C=O) groups excluding carboxylic acids is 1. The molecule has 0 spiro atoms. The number of hydrogen-bond donors (Lipinski definition) is 2. The molecule has 9 nitrogen and oxygen atoms in total. The number of nitrogens with zero attached hydrogens (tertiary/aromatic N) is 1. The maximum atomic E-state index is 12.9. The molecule has 0 aromatic heterocycles. The Balaban J connectivity index is 2.08. The van der Waals surface area contributed by atoms with Crippen molar-refractivity contribution >= 4 is 26.0 Å². The van der Waals surface area contributed by atoms with Crippen LogP contribution >= 0.6 is 0 Å². The third kappa shape index (κ3) is 6.06. The fraction of sp³-hybridized carbons (Fsp3) is 0.381. The number of ether oxygens (including phenoxy) is 1. The topological polar surface area (TPSA) is 122 Å². The molecule has 32 heavy (non-hydrogen) atoms. The van der Waals surface area contributed by atoms with E-state index in [2.05, 4.69) is 10.0 Å².